The highest BCUT2D eigenvalue weighted by atomic mass is 32.2. The van der Waals surface area contributed by atoms with Crippen LogP contribution < -0.4 is 0 Å². The van der Waals surface area contributed by atoms with E-state index >= 15 is 0 Å². The molecule has 0 aliphatic carbocycles. The summed E-state index contributed by atoms with van der Waals surface area (Å²) in [4.78, 5) is 0. The minimum Gasteiger partial charge on any atom is -0.358 e. The van der Waals surface area contributed by atoms with E-state index in [0.717, 1.165) is 10.5 Å². The molecule has 0 unspecified atom stereocenters. The van der Waals surface area contributed by atoms with Gasteiger partial charge in [0.2, 0.25) is 0 Å². The fourth-order valence-corrected chi connectivity index (χ4v) is 3.60. The van der Waals surface area contributed by atoms with E-state index < -0.39 is 0 Å². The summed E-state index contributed by atoms with van der Waals surface area (Å²) in [6.45, 7) is 3.49. The van der Waals surface area contributed by atoms with E-state index in [9.17, 15) is 0 Å². The Kier molecular flexibility index (Phi) is 2.60. The summed E-state index contributed by atoms with van der Waals surface area (Å²) in [5.74, 6) is 1.20. The smallest absolute Gasteiger partial charge is 0.120 e. The predicted molar refractivity (Wildman–Crippen MR) is 56.8 cm³/mol. The van der Waals surface area contributed by atoms with E-state index in [2.05, 4.69) is 21.0 Å². The molecule has 0 aromatic heterocycles. The second kappa shape index (κ2) is 3.44. The number of quaternary nitrogens is 1. The Bertz CT molecular complexity index is 195. The molecule has 0 radical (unpaired) electrons. The van der Waals surface area contributed by atoms with Crippen molar-refractivity contribution in [1.82, 2.24) is 0 Å². The van der Waals surface area contributed by atoms with Crippen LogP contribution in [-0.2, 0) is 4.74 Å². The van der Waals surface area contributed by atoms with Gasteiger partial charge in [0.15, 0.2) is 0 Å². The molecule has 3 heteroatoms. The highest BCUT2D eigenvalue weighted by Gasteiger charge is 2.43. The van der Waals surface area contributed by atoms with Crippen molar-refractivity contribution in [2.75, 3.05) is 26.4 Å². The predicted octanol–water partition coefficient (Wildman–Crippen LogP) is 1.70. The minimum absolute atomic E-state index is 0.422. The molecule has 2 fully saturated rings. The number of likely N-dealkylation sites (tertiary alicyclic amines) is 1. The molecular formula is C10H20NOS+. The SMILES string of the molecule is C[C@@H]1O[C@H]([C@@H]2CCC[N+]2(C)C)CS1. The summed E-state index contributed by atoms with van der Waals surface area (Å²) >= 11 is 1.96. The summed E-state index contributed by atoms with van der Waals surface area (Å²) in [6, 6.07) is 0.748. The molecule has 0 N–H and O–H groups in total. The topological polar surface area (TPSA) is 9.23 Å². The quantitative estimate of drug-likeness (QED) is 0.599. The first-order chi connectivity index (χ1) is 6.09. The molecule has 0 aromatic carbocycles. The summed E-state index contributed by atoms with van der Waals surface area (Å²) < 4.78 is 7.09. The molecule has 2 rings (SSSR count). The van der Waals surface area contributed by atoms with Crippen LogP contribution in [0.2, 0.25) is 0 Å². The number of hydrogen-bond donors (Lipinski definition) is 0. The van der Waals surface area contributed by atoms with Crippen LogP contribution in [0, 0.1) is 0 Å². The summed E-state index contributed by atoms with van der Waals surface area (Å²) in [7, 11) is 4.68. The Hall–Kier alpha value is 0.270. The van der Waals surface area contributed by atoms with Gasteiger partial charge in [-0.1, -0.05) is 0 Å². The third-order valence-corrected chi connectivity index (χ3v) is 4.52. The average molecular weight is 202 g/mol. The Morgan fingerprint density at radius 3 is 2.62 bits per heavy atom. The lowest BCUT2D eigenvalue weighted by atomic mass is 10.1. The van der Waals surface area contributed by atoms with Crippen LogP contribution in [0.15, 0.2) is 0 Å². The Balaban J connectivity index is 2.00. The van der Waals surface area contributed by atoms with Crippen molar-refractivity contribution < 1.29 is 9.22 Å². The zero-order valence-electron chi connectivity index (χ0n) is 8.82. The van der Waals surface area contributed by atoms with Crippen molar-refractivity contribution in [1.29, 1.82) is 0 Å². The lowest BCUT2D eigenvalue weighted by Gasteiger charge is -2.34. The van der Waals surface area contributed by atoms with Crippen molar-refractivity contribution in [3.63, 3.8) is 0 Å². The molecule has 0 amide bonds. The third-order valence-electron chi connectivity index (χ3n) is 3.42. The van der Waals surface area contributed by atoms with Gasteiger partial charge in [-0.15, -0.1) is 11.8 Å². The van der Waals surface area contributed by atoms with Gasteiger partial charge in [-0.3, -0.25) is 0 Å². The molecular weight excluding hydrogens is 182 g/mol. The molecule has 76 valence electrons. The van der Waals surface area contributed by atoms with Crippen molar-refractivity contribution in [2.24, 2.45) is 0 Å². The summed E-state index contributed by atoms with van der Waals surface area (Å²) in [6.07, 6.45) is 3.24. The van der Waals surface area contributed by atoms with E-state index in [1.165, 1.54) is 25.1 Å². The van der Waals surface area contributed by atoms with E-state index in [4.69, 9.17) is 4.74 Å². The highest BCUT2D eigenvalue weighted by Crippen LogP contribution is 2.34. The second-order valence-electron chi connectivity index (χ2n) is 4.79. The van der Waals surface area contributed by atoms with Gasteiger partial charge in [-0.05, 0) is 6.92 Å². The van der Waals surface area contributed by atoms with Crippen LogP contribution >= 0.6 is 11.8 Å². The summed E-state index contributed by atoms with van der Waals surface area (Å²) in [5, 5.41) is 0. The first-order valence-electron chi connectivity index (χ1n) is 5.19. The van der Waals surface area contributed by atoms with Gasteiger partial charge in [0.05, 0.1) is 20.6 Å². The molecule has 0 saturated carbocycles. The van der Waals surface area contributed by atoms with Gasteiger partial charge in [0.1, 0.15) is 17.6 Å². The van der Waals surface area contributed by atoms with Crippen molar-refractivity contribution in [3.05, 3.63) is 0 Å². The molecule has 0 spiro atoms. The number of thioether (sulfide) groups is 1. The number of nitrogens with zero attached hydrogens (tertiary/aromatic N) is 1. The third kappa shape index (κ3) is 1.88. The van der Waals surface area contributed by atoms with Gasteiger partial charge in [-0.25, -0.2) is 0 Å². The molecule has 3 atom stereocenters. The maximum absolute atomic E-state index is 5.93. The highest BCUT2D eigenvalue weighted by molar-refractivity contribution is 7.99. The van der Waals surface area contributed by atoms with Gasteiger partial charge in [-0.2, -0.15) is 0 Å². The van der Waals surface area contributed by atoms with Gasteiger partial charge in [0, 0.05) is 18.6 Å². The van der Waals surface area contributed by atoms with E-state index in [1.54, 1.807) is 0 Å². The maximum atomic E-state index is 5.93. The van der Waals surface area contributed by atoms with Crippen LogP contribution in [0.5, 0.6) is 0 Å². The van der Waals surface area contributed by atoms with Crippen LogP contribution in [0.25, 0.3) is 0 Å². The van der Waals surface area contributed by atoms with Crippen LogP contribution in [0.1, 0.15) is 19.8 Å². The van der Waals surface area contributed by atoms with Crippen molar-refractivity contribution in [3.8, 4) is 0 Å². The normalized spacial score (nSPS) is 44.1. The molecule has 13 heavy (non-hydrogen) atoms. The molecule has 2 aliphatic rings. The first kappa shape index (κ1) is 9.81. The zero-order valence-corrected chi connectivity index (χ0v) is 9.64. The van der Waals surface area contributed by atoms with Gasteiger partial charge in [0.25, 0.3) is 0 Å². The number of rotatable bonds is 1. The number of ether oxygens (including phenoxy) is 1. The lowest BCUT2D eigenvalue weighted by Crippen LogP contribution is -2.50. The largest absolute Gasteiger partial charge is 0.358 e. The molecule has 0 aromatic rings. The van der Waals surface area contributed by atoms with Crippen LogP contribution in [0.3, 0.4) is 0 Å². The zero-order chi connectivity index (χ0) is 9.47. The molecule has 2 saturated heterocycles. The molecule has 2 aliphatic heterocycles. The maximum Gasteiger partial charge on any atom is 0.120 e. The fraction of sp³-hybridized carbons (Fsp3) is 1.00. The van der Waals surface area contributed by atoms with E-state index in [1.807, 2.05) is 11.8 Å². The Labute approximate surface area is 85.2 Å². The van der Waals surface area contributed by atoms with E-state index in [-0.39, 0.29) is 0 Å². The lowest BCUT2D eigenvalue weighted by molar-refractivity contribution is -0.905. The second-order valence-corrected chi connectivity index (χ2v) is 6.12. The standard InChI is InChI=1S/C10H20NOS/c1-8-12-10(7-13-8)9-5-4-6-11(9,2)3/h8-10H,4-7H2,1-3H3/q+1/t8-,9+,10+/m1/s1. The first-order valence-corrected chi connectivity index (χ1v) is 6.24. The van der Waals surface area contributed by atoms with Gasteiger partial charge < -0.3 is 9.22 Å². The monoisotopic (exact) mass is 202 g/mol. The molecule has 0 bridgehead atoms. The molecule has 2 nitrogen and oxygen atoms in total. The van der Waals surface area contributed by atoms with Crippen LogP contribution in [0.4, 0.5) is 0 Å². The van der Waals surface area contributed by atoms with Crippen molar-refractivity contribution >= 4 is 11.8 Å². The van der Waals surface area contributed by atoms with Gasteiger partial charge >= 0.3 is 0 Å². The van der Waals surface area contributed by atoms with Crippen molar-refractivity contribution in [2.45, 2.75) is 37.3 Å². The number of likely N-dealkylation sites (N-methyl/N-ethyl adjacent to an activating group) is 1. The van der Waals surface area contributed by atoms with Crippen LogP contribution in [-0.4, -0.2) is 48.5 Å². The number of hydrogen-bond acceptors (Lipinski definition) is 2. The fourth-order valence-electron chi connectivity index (χ4n) is 2.62. The summed E-state index contributed by atoms with van der Waals surface area (Å²) in [5.41, 5.74) is 0.422. The van der Waals surface area contributed by atoms with E-state index in [0.29, 0.717) is 11.5 Å². The minimum atomic E-state index is 0.422. The Morgan fingerprint density at radius 2 is 2.15 bits per heavy atom. The average Bonchev–Trinajstić information content (AvgIpc) is 2.56. The Morgan fingerprint density at radius 1 is 1.38 bits per heavy atom. The molecule has 2 heterocycles.